The molecule has 5 aromatic rings. The van der Waals surface area contributed by atoms with Gasteiger partial charge in [0.05, 0.1) is 42.5 Å². The molecule has 38 heavy (non-hydrogen) atoms. The van der Waals surface area contributed by atoms with Gasteiger partial charge in [-0.05, 0) is 67.4 Å². The van der Waals surface area contributed by atoms with Crippen LogP contribution in [0.15, 0.2) is 100 Å². The molecule has 0 radical (unpaired) electrons. The summed E-state index contributed by atoms with van der Waals surface area (Å²) in [5.74, 6) is 1.38. The van der Waals surface area contributed by atoms with Crippen molar-refractivity contribution < 1.29 is 13.9 Å². The zero-order valence-electron chi connectivity index (χ0n) is 21.6. The Morgan fingerprint density at radius 2 is 1.74 bits per heavy atom. The van der Waals surface area contributed by atoms with Crippen LogP contribution in [-0.2, 0) is 13.0 Å². The van der Waals surface area contributed by atoms with Gasteiger partial charge < -0.3 is 14.1 Å². The second kappa shape index (κ2) is 10.8. The van der Waals surface area contributed by atoms with Gasteiger partial charge in [-0.2, -0.15) is 0 Å². The molecule has 0 saturated carbocycles. The molecule has 1 unspecified atom stereocenters. The van der Waals surface area contributed by atoms with Gasteiger partial charge in [0.2, 0.25) is 0 Å². The second-order valence-corrected chi connectivity index (χ2v) is 9.04. The first-order valence-corrected chi connectivity index (χ1v) is 12.6. The first-order valence-electron chi connectivity index (χ1n) is 12.6. The highest BCUT2D eigenvalue weighted by Crippen LogP contribution is 2.29. The maximum absolute atomic E-state index is 13.9. The van der Waals surface area contributed by atoms with E-state index >= 15 is 0 Å². The van der Waals surface area contributed by atoms with E-state index in [0.717, 1.165) is 12.0 Å². The standard InChI is InChI=1S/C31H29N3O4/c1-4-22-15-17-23(18-16-22)30(35)33(20-24-10-9-19-38-24)21(2)29-32-26-12-6-5-11-25(26)31(36)34(29)27-13-7-8-14-28(27)37-3/h5-19,21H,4,20H2,1-3H3. The van der Waals surface area contributed by atoms with Gasteiger partial charge >= 0.3 is 0 Å². The van der Waals surface area contributed by atoms with E-state index in [9.17, 15) is 9.59 Å². The van der Waals surface area contributed by atoms with Crippen LogP contribution in [0.4, 0.5) is 0 Å². The fraction of sp³-hybridized carbons (Fsp3) is 0.194. The number of carbonyl (C=O) groups is 1. The minimum Gasteiger partial charge on any atom is -0.495 e. The lowest BCUT2D eigenvalue weighted by molar-refractivity contribution is 0.0648. The van der Waals surface area contributed by atoms with Gasteiger partial charge in [-0.1, -0.05) is 43.3 Å². The number of aryl methyl sites for hydroxylation is 1. The molecule has 0 saturated heterocycles. The van der Waals surface area contributed by atoms with Crippen LogP contribution in [0.25, 0.3) is 16.6 Å². The van der Waals surface area contributed by atoms with Crippen LogP contribution in [0.5, 0.6) is 5.75 Å². The van der Waals surface area contributed by atoms with E-state index in [1.807, 2.05) is 73.7 Å². The first kappa shape index (κ1) is 25.0. The summed E-state index contributed by atoms with van der Waals surface area (Å²) in [5, 5.41) is 0.480. The van der Waals surface area contributed by atoms with E-state index in [1.54, 1.807) is 41.0 Å². The molecular weight excluding hydrogens is 478 g/mol. The van der Waals surface area contributed by atoms with Crippen molar-refractivity contribution in [3.63, 3.8) is 0 Å². The predicted molar refractivity (Wildman–Crippen MR) is 147 cm³/mol. The maximum atomic E-state index is 13.9. The van der Waals surface area contributed by atoms with Crippen LogP contribution in [0.1, 0.15) is 47.4 Å². The lowest BCUT2D eigenvalue weighted by Gasteiger charge is -2.30. The molecule has 3 aromatic carbocycles. The average molecular weight is 508 g/mol. The summed E-state index contributed by atoms with van der Waals surface area (Å²) < 4.78 is 12.8. The van der Waals surface area contributed by atoms with Crippen LogP contribution in [-0.4, -0.2) is 27.5 Å². The van der Waals surface area contributed by atoms with Gasteiger partial charge in [0.15, 0.2) is 0 Å². The molecule has 192 valence electrons. The molecule has 2 aromatic heterocycles. The lowest BCUT2D eigenvalue weighted by Crippen LogP contribution is -2.37. The molecule has 1 amide bonds. The largest absolute Gasteiger partial charge is 0.495 e. The maximum Gasteiger partial charge on any atom is 0.266 e. The molecule has 1 atom stereocenters. The number of para-hydroxylation sites is 3. The zero-order valence-corrected chi connectivity index (χ0v) is 21.6. The summed E-state index contributed by atoms with van der Waals surface area (Å²) in [7, 11) is 1.56. The van der Waals surface area contributed by atoms with Crippen molar-refractivity contribution in [3.05, 3.63) is 124 Å². The number of rotatable bonds is 8. The van der Waals surface area contributed by atoms with E-state index in [2.05, 4.69) is 6.92 Å². The van der Waals surface area contributed by atoms with Gasteiger partial charge in [0, 0.05) is 5.56 Å². The van der Waals surface area contributed by atoms with E-state index in [4.69, 9.17) is 14.1 Å². The van der Waals surface area contributed by atoms with E-state index in [1.165, 1.54) is 0 Å². The van der Waals surface area contributed by atoms with Gasteiger partial charge in [-0.15, -0.1) is 0 Å². The number of methoxy groups -OCH3 is 1. The number of furan rings is 1. The Bertz CT molecular complexity index is 1620. The Balaban J connectivity index is 1.70. The predicted octanol–water partition coefficient (Wildman–Crippen LogP) is 5.95. The fourth-order valence-electron chi connectivity index (χ4n) is 4.62. The minimum absolute atomic E-state index is 0.189. The Kier molecular flexibility index (Phi) is 7.09. The highest BCUT2D eigenvalue weighted by molar-refractivity contribution is 5.94. The van der Waals surface area contributed by atoms with Gasteiger partial charge in [-0.25, -0.2) is 4.98 Å². The quantitative estimate of drug-likeness (QED) is 0.259. The number of benzene rings is 3. The van der Waals surface area contributed by atoms with Crippen LogP contribution in [0, 0.1) is 0 Å². The summed E-state index contributed by atoms with van der Waals surface area (Å²) in [4.78, 5) is 34.5. The molecule has 0 fully saturated rings. The molecule has 2 heterocycles. The number of nitrogens with zero attached hydrogens (tertiary/aromatic N) is 3. The third-order valence-electron chi connectivity index (χ3n) is 6.75. The number of fused-ring (bicyclic) bond motifs is 1. The van der Waals surface area contributed by atoms with Crippen molar-refractivity contribution in [1.82, 2.24) is 14.5 Å². The second-order valence-electron chi connectivity index (χ2n) is 9.04. The number of ether oxygens (including phenoxy) is 1. The van der Waals surface area contributed by atoms with Gasteiger partial charge in [0.1, 0.15) is 17.3 Å². The number of amides is 1. The van der Waals surface area contributed by atoms with Crippen molar-refractivity contribution in [2.75, 3.05) is 7.11 Å². The summed E-state index contributed by atoms with van der Waals surface area (Å²) in [6, 6.07) is 25.1. The monoisotopic (exact) mass is 507 g/mol. The SMILES string of the molecule is CCc1ccc(C(=O)N(Cc2ccco2)C(C)c2nc3ccccc3c(=O)n2-c2ccccc2OC)cc1. The summed E-state index contributed by atoms with van der Waals surface area (Å²) >= 11 is 0. The Morgan fingerprint density at radius 1 is 1.00 bits per heavy atom. The normalized spacial score (nSPS) is 11.9. The van der Waals surface area contributed by atoms with Crippen LogP contribution in [0.3, 0.4) is 0 Å². The zero-order chi connectivity index (χ0) is 26.6. The van der Waals surface area contributed by atoms with Crippen molar-refractivity contribution in [2.24, 2.45) is 0 Å². The number of aromatic nitrogens is 2. The number of hydrogen-bond acceptors (Lipinski definition) is 5. The van der Waals surface area contributed by atoms with Crippen molar-refractivity contribution >= 4 is 16.8 Å². The van der Waals surface area contributed by atoms with Crippen molar-refractivity contribution in [1.29, 1.82) is 0 Å². The fourth-order valence-corrected chi connectivity index (χ4v) is 4.62. The van der Waals surface area contributed by atoms with Crippen molar-refractivity contribution in [3.8, 4) is 11.4 Å². The molecule has 7 heteroatoms. The highest BCUT2D eigenvalue weighted by Gasteiger charge is 2.29. The van der Waals surface area contributed by atoms with Crippen LogP contribution >= 0.6 is 0 Å². The minimum atomic E-state index is -0.597. The molecule has 0 spiro atoms. The topological polar surface area (TPSA) is 77.6 Å². The molecule has 0 aliphatic carbocycles. The van der Waals surface area contributed by atoms with Crippen LogP contribution in [0.2, 0.25) is 0 Å². The Hall–Kier alpha value is -4.65. The summed E-state index contributed by atoms with van der Waals surface area (Å²) in [6.07, 6.45) is 2.46. The van der Waals surface area contributed by atoms with Gasteiger partial charge in [0.25, 0.3) is 11.5 Å². The van der Waals surface area contributed by atoms with E-state index in [-0.39, 0.29) is 18.0 Å². The van der Waals surface area contributed by atoms with E-state index in [0.29, 0.717) is 39.5 Å². The Morgan fingerprint density at radius 3 is 2.45 bits per heavy atom. The number of carbonyl (C=O) groups excluding carboxylic acids is 1. The summed E-state index contributed by atoms with van der Waals surface area (Å²) in [6.45, 7) is 4.16. The smallest absolute Gasteiger partial charge is 0.266 e. The summed E-state index contributed by atoms with van der Waals surface area (Å²) in [5.41, 5.74) is 2.57. The molecule has 0 N–H and O–H groups in total. The molecule has 5 rings (SSSR count). The third-order valence-corrected chi connectivity index (χ3v) is 6.75. The average Bonchev–Trinajstić information content (AvgIpc) is 3.48. The number of hydrogen-bond donors (Lipinski definition) is 0. The molecular formula is C31H29N3O4. The highest BCUT2D eigenvalue weighted by atomic mass is 16.5. The molecule has 0 aliphatic rings. The van der Waals surface area contributed by atoms with Gasteiger partial charge in [-0.3, -0.25) is 14.2 Å². The molecule has 0 aliphatic heterocycles. The molecule has 0 bridgehead atoms. The molecule has 7 nitrogen and oxygen atoms in total. The van der Waals surface area contributed by atoms with Crippen LogP contribution < -0.4 is 10.3 Å². The lowest BCUT2D eigenvalue weighted by atomic mass is 10.1. The van der Waals surface area contributed by atoms with Crippen molar-refractivity contribution in [2.45, 2.75) is 32.9 Å². The van der Waals surface area contributed by atoms with E-state index < -0.39 is 6.04 Å². The first-order chi connectivity index (χ1) is 18.5. The third kappa shape index (κ3) is 4.70. The Labute approximate surface area is 220 Å².